The summed E-state index contributed by atoms with van der Waals surface area (Å²) in [5.41, 5.74) is 0. The Labute approximate surface area is 101 Å². The van der Waals surface area contributed by atoms with Gasteiger partial charge in [-0.2, -0.15) is 0 Å². The Kier molecular flexibility index (Phi) is 4.51. The van der Waals surface area contributed by atoms with Gasteiger partial charge in [0.2, 0.25) is 0 Å². The van der Waals surface area contributed by atoms with Crippen LogP contribution < -0.4 is 4.74 Å². The third-order valence-electron chi connectivity index (χ3n) is 1.45. The summed E-state index contributed by atoms with van der Waals surface area (Å²) in [4.78, 5) is 0. The van der Waals surface area contributed by atoms with Crippen molar-refractivity contribution in [2.45, 2.75) is 13.0 Å². The molecule has 0 amide bonds. The molecular formula is C9H9BrCl2O2. The zero-order valence-electron chi connectivity index (χ0n) is 7.43. The van der Waals surface area contributed by atoms with E-state index in [0.29, 0.717) is 20.3 Å². The molecule has 5 heteroatoms. The van der Waals surface area contributed by atoms with Gasteiger partial charge in [-0.05, 0) is 28.9 Å². The maximum absolute atomic E-state index is 9.02. The van der Waals surface area contributed by atoms with E-state index in [1.54, 1.807) is 19.1 Å². The van der Waals surface area contributed by atoms with E-state index < -0.39 is 6.10 Å². The van der Waals surface area contributed by atoms with E-state index in [4.69, 9.17) is 33.0 Å². The molecule has 0 saturated carbocycles. The van der Waals surface area contributed by atoms with Crippen LogP contribution in [0.25, 0.3) is 0 Å². The predicted molar refractivity (Wildman–Crippen MR) is 61.3 cm³/mol. The maximum Gasteiger partial charge on any atom is 0.139 e. The van der Waals surface area contributed by atoms with Gasteiger partial charge < -0.3 is 9.84 Å². The van der Waals surface area contributed by atoms with Crippen LogP contribution in [0.3, 0.4) is 0 Å². The van der Waals surface area contributed by atoms with Crippen LogP contribution in [0.5, 0.6) is 5.75 Å². The first kappa shape index (κ1) is 12.1. The summed E-state index contributed by atoms with van der Waals surface area (Å²) in [7, 11) is 0. The van der Waals surface area contributed by atoms with Gasteiger partial charge in [0.05, 0.1) is 16.1 Å². The van der Waals surface area contributed by atoms with Gasteiger partial charge in [-0.25, -0.2) is 0 Å². The summed E-state index contributed by atoms with van der Waals surface area (Å²) in [5.74, 6) is 0.473. The number of aliphatic hydroxyl groups is 1. The Morgan fingerprint density at radius 2 is 2.07 bits per heavy atom. The van der Waals surface area contributed by atoms with Gasteiger partial charge in [0.15, 0.2) is 0 Å². The lowest BCUT2D eigenvalue weighted by molar-refractivity contribution is 0.123. The minimum absolute atomic E-state index is 0.192. The van der Waals surface area contributed by atoms with E-state index >= 15 is 0 Å². The lowest BCUT2D eigenvalue weighted by Gasteiger charge is -2.10. The fraction of sp³-hybridized carbons (Fsp3) is 0.333. The zero-order chi connectivity index (χ0) is 10.7. The molecule has 0 fully saturated rings. The fourth-order valence-electron chi connectivity index (χ4n) is 0.825. The zero-order valence-corrected chi connectivity index (χ0v) is 10.5. The molecule has 0 bridgehead atoms. The van der Waals surface area contributed by atoms with Crippen molar-refractivity contribution in [2.24, 2.45) is 0 Å². The van der Waals surface area contributed by atoms with Crippen LogP contribution in [-0.4, -0.2) is 17.8 Å². The average Bonchev–Trinajstić information content (AvgIpc) is 2.09. The minimum atomic E-state index is -0.534. The van der Waals surface area contributed by atoms with Gasteiger partial charge in [0.25, 0.3) is 0 Å². The molecule has 0 unspecified atom stereocenters. The Bertz CT molecular complexity index is 329. The third-order valence-corrected chi connectivity index (χ3v) is 2.95. The lowest BCUT2D eigenvalue weighted by Crippen LogP contribution is -2.12. The first-order valence-corrected chi connectivity index (χ1v) is 5.51. The van der Waals surface area contributed by atoms with Gasteiger partial charge in [0, 0.05) is 10.5 Å². The van der Waals surface area contributed by atoms with E-state index in [2.05, 4.69) is 15.9 Å². The van der Waals surface area contributed by atoms with Crippen molar-refractivity contribution in [2.75, 3.05) is 6.61 Å². The lowest BCUT2D eigenvalue weighted by atomic mass is 10.3. The molecule has 0 spiro atoms. The van der Waals surface area contributed by atoms with Crippen molar-refractivity contribution in [3.05, 3.63) is 26.7 Å². The highest BCUT2D eigenvalue weighted by atomic mass is 79.9. The van der Waals surface area contributed by atoms with Gasteiger partial charge in [-0.3, -0.25) is 0 Å². The first-order chi connectivity index (χ1) is 6.50. The minimum Gasteiger partial charge on any atom is -0.489 e. The van der Waals surface area contributed by atoms with Crippen molar-refractivity contribution < 1.29 is 9.84 Å². The number of ether oxygens (including phenoxy) is 1. The molecule has 1 rings (SSSR count). The van der Waals surface area contributed by atoms with Crippen molar-refractivity contribution >= 4 is 39.1 Å². The Morgan fingerprint density at radius 3 is 2.64 bits per heavy atom. The fourth-order valence-corrected chi connectivity index (χ4v) is 1.67. The monoisotopic (exact) mass is 298 g/mol. The summed E-state index contributed by atoms with van der Waals surface area (Å²) < 4.78 is 5.96. The SMILES string of the molecule is C[C@H](O)COc1cc(Cl)c(Br)cc1Cl. The number of rotatable bonds is 3. The highest BCUT2D eigenvalue weighted by Crippen LogP contribution is 2.34. The van der Waals surface area contributed by atoms with E-state index in [9.17, 15) is 0 Å². The molecule has 0 radical (unpaired) electrons. The molecule has 2 nitrogen and oxygen atoms in total. The second-order valence-corrected chi connectivity index (χ2v) is 4.53. The van der Waals surface area contributed by atoms with Gasteiger partial charge in [0.1, 0.15) is 12.4 Å². The smallest absolute Gasteiger partial charge is 0.139 e. The van der Waals surface area contributed by atoms with Crippen molar-refractivity contribution in [1.82, 2.24) is 0 Å². The van der Waals surface area contributed by atoms with Crippen LogP contribution >= 0.6 is 39.1 Å². The summed E-state index contributed by atoms with van der Waals surface area (Å²) in [6, 6.07) is 3.26. The Morgan fingerprint density at radius 1 is 1.43 bits per heavy atom. The standard InChI is InChI=1S/C9H9BrCl2O2/c1-5(13)4-14-9-3-7(11)6(10)2-8(9)12/h2-3,5,13H,4H2,1H3/t5-/m0/s1. The molecule has 1 atom stereocenters. The molecule has 1 aromatic carbocycles. The first-order valence-electron chi connectivity index (χ1n) is 3.96. The highest BCUT2D eigenvalue weighted by molar-refractivity contribution is 9.10. The quantitative estimate of drug-likeness (QED) is 0.866. The van der Waals surface area contributed by atoms with Gasteiger partial charge in [-0.15, -0.1) is 0 Å². The van der Waals surface area contributed by atoms with Crippen molar-refractivity contribution in [3.8, 4) is 5.75 Å². The Hall–Kier alpha value is 0.0400. The normalized spacial score (nSPS) is 12.6. The number of aliphatic hydroxyl groups excluding tert-OH is 1. The van der Waals surface area contributed by atoms with Crippen LogP contribution in [0.2, 0.25) is 10.0 Å². The topological polar surface area (TPSA) is 29.5 Å². The van der Waals surface area contributed by atoms with Crippen LogP contribution in [0.1, 0.15) is 6.92 Å². The molecule has 0 aliphatic rings. The summed E-state index contributed by atoms with van der Waals surface area (Å²) >= 11 is 15.0. The predicted octanol–water partition coefficient (Wildman–Crippen LogP) is 3.52. The summed E-state index contributed by atoms with van der Waals surface area (Å²) in [6.07, 6.45) is -0.534. The van der Waals surface area contributed by atoms with E-state index in [-0.39, 0.29) is 6.61 Å². The second-order valence-electron chi connectivity index (χ2n) is 2.86. The molecule has 1 N–H and O–H groups in total. The molecule has 0 aliphatic carbocycles. The number of hydrogen-bond acceptors (Lipinski definition) is 2. The van der Waals surface area contributed by atoms with Crippen LogP contribution in [0.15, 0.2) is 16.6 Å². The maximum atomic E-state index is 9.02. The van der Waals surface area contributed by atoms with Crippen LogP contribution in [0, 0.1) is 0 Å². The molecule has 1 aromatic rings. The molecule has 0 saturated heterocycles. The number of halogens is 3. The van der Waals surface area contributed by atoms with E-state index in [1.807, 2.05) is 0 Å². The van der Waals surface area contributed by atoms with E-state index in [0.717, 1.165) is 0 Å². The summed E-state index contributed by atoms with van der Waals surface area (Å²) in [5, 5.41) is 10.0. The van der Waals surface area contributed by atoms with Crippen molar-refractivity contribution in [1.29, 1.82) is 0 Å². The van der Waals surface area contributed by atoms with Crippen molar-refractivity contribution in [3.63, 3.8) is 0 Å². The molecule has 0 heterocycles. The molecule has 78 valence electrons. The van der Waals surface area contributed by atoms with E-state index in [1.165, 1.54) is 0 Å². The molecule has 0 aromatic heterocycles. The van der Waals surface area contributed by atoms with Crippen LogP contribution in [0.4, 0.5) is 0 Å². The number of hydrogen-bond donors (Lipinski definition) is 1. The molecular weight excluding hydrogens is 291 g/mol. The third kappa shape index (κ3) is 3.31. The molecule has 0 aliphatic heterocycles. The largest absolute Gasteiger partial charge is 0.489 e. The second kappa shape index (κ2) is 5.21. The van der Waals surface area contributed by atoms with Gasteiger partial charge >= 0.3 is 0 Å². The Balaban J connectivity index is 2.82. The number of benzene rings is 1. The molecule has 14 heavy (non-hydrogen) atoms. The highest BCUT2D eigenvalue weighted by Gasteiger charge is 2.07. The van der Waals surface area contributed by atoms with Crippen LogP contribution in [-0.2, 0) is 0 Å². The van der Waals surface area contributed by atoms with Gasteiger partial charge in [-0.1, -0.05) is 23.2 Å². The summed E-state index contributed by atoms with van der Waals surface area (Å²) in [6.45, 7) is 1.83. The average molecular weight is 300 g/mol.